The van der Waals surface area contributed by atoms with E-state index >= 15 is 0 Å². The van der Waals surface area contributed by atoms with E-state index in [1.54, 1.807) is 0 Å². The van der Waals surface area contributed by atoms with E-state index in [9.17, 15) is 0 Å². The van der Waals surface area contributed by atoms with Crippen LogP contribution in [0.4, 0.5) is 0 Å². The maximum absolute atomic E-state index is 6.45. The number of rotatable bonds is 1. The molecule has 1 saturated carbocycles. The van der Waals surface area contributed by atoms with Crippen molar-refractivity contribution in [2.75, 3.05) is 26.7 Å². The Morgan fingerprint density at radius 1 is 0.842 bits per heavy atom. The van der Waals surface area contributed by atoms with Crippen molar-refractivity contribution in [3.8, 4) is 0 Å². The van der Waals surface area contributed by atoms with Crippen molar-refractivity contribution in [3.63, 3.8) is 0 Å². The van der Waals surface area contributed by atoms with Crippen molar-refractivity contribution in [2.24, 2.45) is 11.7 Å². The molecular formula is C16H31N3. The Bertz CT molecular complexity index is 294. The van der Waals surface area contributed by atoms with Crippen LogP contribution in [0.2, 0.25) is 0 Å². The Labute approximate surface area is 118 Å². The fraction of sp³-hybridized carbons (Fsp3) is 1.00. The van der Waals surface area contributed by atoms with Crippen LogP contribution in [0, 0.1) is 5.92 Å². The molecule has 0 aromatic heterocycles. The van der Waals surface area contributed by atoms with Crippen molar-refractivity contribution in [1.29, 1.82) is 0 Å². The Morgan fingerprint density at radius 3 is 2.58 bits per heavy atom. The average molecular weight is 265 g/mol. The summed E-state index contributed by atoms with van der Waals surface area (Å²) in [6, 6.07) is 1.96. The van der Waals surface area contributed by atoms with Gasteiger partial charge >= 0.3 is 0 Å². The van der Waals surface area contributed by atoms with Crippen molar-refractivity contribution >= 4 is 0 Å². The number of hydrogen-bond acceptors (Lipinski definition) is 3. The minimum absolute atomic E-state index is 0.431. The largest absolute Gasteiger partial charge is 0.326 e. The van der Waals surface area contributed by atoms with Gasteiger partial charge in [0.15, 0.2) is 0 Å². The zero-order valence-electron chi connectivity index (χ0n) is 12.6. The molecular weight excluding hydrogens is 234 g/mol. The summed E-state index contributed by atoms with van der Waals surface area (Å²) in [5.41, 5.74) is 6.45. The lowest BCUT2D eigenvalue weighted by Crippen LogP contribution is -2.57. The van der Waals surface area contributed by atoms with Gasteiger partial charge < -0.3 is 10.6 Å². The molecule has 2 heterocycles. The van der Waals surface area contributed by atoms with Crippen LogP contribution in [0.1, 0.15) is 51.4 Å². The van der Waals surface area contributed by atoms with E-state index in [0.717, 1.165) is 12.0 Å². The fourth-order valence-electron chi connectivity index (χ4n) is 4.75. The maximum atomic E-state index is 6.45. The summed E-state index contributed by atoms with van der Waals surface area (Å²) >= 11 is 0. The Morgan fingerprint density at radius 2 is 1.68 bits per heavy atom. The van der Waals surface area contributed by atoms with E-state index < -0.39 is 0 Å². The zero-order valence-corrected chi connectivity index (χ0v) is 12.6. The first-order valence-electron chi connectivity index (χ1n) is 8.45. The highest BCUT2D eigenvalue weighted by Gasteiger charge is 2.37. The molecule has 0 spiro atoms. The van der Waals surface area contributed by atoms with E-state index in [2.05, 4.69) is 16.8 Å². The number of fused-ring (bicyclic) bond motifs is 1. The Balaban J connectivity index is 1.63. The predicted octanol–water partition coefficient (Wildman–Crippen LogP) is 2.06. The van der Waals surface area contributed by atoms with Crippen LogP contribution < -0.4 is 5.73 Å². The standard InChI is InChI=1S/C16H31N3/c1-18-10-5-6-13-12-19(11-9-15(13)18)16-8-4-2-3-7-14(16)17/h13-16H,2-12,17H2,1H3. The molecule has 0 aromatic rings. The van der Waals surface area contributed by atoms with Crippen LogP contribution in [0.25, 0.3) is 0 Å². The lowest BCUT2D eigenvalue weighted by Gasteiger charge is -2.48. The quantitative estimate of drug-likeness (QED) is 0.737. The van der Waals surface area contributed by atoms with Crippen LogP contribution in [-0.4, -0.2) is 54.6 Å². The van der Waals surface area contributed by atoms with Crippen molar-refractivity contribution in [3.05, 3.63) is 0 Å². The van der Waals surface area contributed by atoms with Gasteiger partial charge in [-0.05, 0) is 51.6 Å². The number of nitrogens with zero attached hydrogens (tertiary/aromatic N) is 2. The topological polar surface area (TPSA) is 32.5 Å². The number of piperidine rings is 2. The minimum Gasteiger partial charge on any atom is -0.326 e. The van der Waals surface area contributed by atoms with Gasteiger partial charge in [-0.1, -0.05) is 19.3 Å². The third-order valence-electron chi connectivity index (χ3n) is 5.88. The van der Waals surface area contributed by atoms with Gasteiger partial charge in [0.2, 0.25) is 0 Å². The van der Waals surface area contributed by atoms with Crippen molar-refractivity contribution in [2.45, 2.75) is 69.5 Å². The van der Waals surface area contributed by atoms with Crippen molar-refractivity contribution < 1.29 is 0 Å². The molecule has 0 radical (unpaired) electrons. The van der Waals surface area contributed by atoms with E-state index in [1.165, 1.54) is 71.0 Å². The molecule has 19 heavy (non-hydrogen) atoms. The van der Waals surface area contributed by atoms with E-state index in [0.29, 0.717) is 12.1 Å². The third-order valence-corrected chi connectivity index (χ3v) is 5.88. The molecule has 3 nitrogen and oxygen atoms in total. The monoisotopic (exact) mass is 265 g/mol. The van der Waals surface area contributed by atoms with E-state index in [4.69, 9.17) is 5.73 Å². The summed E-state index contributed by atoms with van der Waals surface area (Å²) in [5, 5.41) is 0. The van der Waals surface area contributed by atoms with Gasteiger partial charge in [0.1, 0.15) is 0 Å². The smallest absolute Gasteiger partial charge is 0.0247 e. The molecule has 3 heteroatoms. The first kappa shape index (κ1) is 13.8. The zero-order chi connectivity index (χ0) is 13.2. The van der Waals surface area contributed by atoms with Crippen LogP contribution in [0.5, 0.6) is 0 Å². The molecule has 3 rings (SSSR count). The molecule has 0 bridgehead atoms. The molecule has 1 aliphatic carbocycles. The lowest BCUT2D eigenvalue weighted by molar-refractivity contribution is 0.0134. The number of hydrogen-bond donors (Lipinski definition) is 1. The number of likely N-dealkylation sites (tertiary alicyclic amines) is 2. The van der Waals surface area contributed by atoms with E-state index in [-0.39, 0.29) is 0 Å². The van der Waals surface area contributed by atoms with Crippen LogP contribution in [0.15, 0.2) is 0 Å². The lowest BCUT2D eigenvalue weighted by atomic mass is 9.83. The molecule has 0 aromatic carbocycles. The van der Waals surface area contributed by atoms with Gasteiger partial charge in [-0.25, -0.2) is 0 Å². The normalized spacial score (nSPS) is 42.6. The second-order valence-electron chi connectivity index (χ2n) is 7.10. The van der Waals surface area contributed by atoms with Gasteiger partial charge in [-0.15, -0.1) is 0 Å². The third kappa shape index (κ3) is 2.98. The predicted molar refractivity (Wildman–Crippen MR) is 80.2 cm³/mol. The molecule has 3 aliphatic rings. The summed E-state index contributed by atoms with van der Waals surface area (Å²) in [4.78, 5) is 5.37. The summed E-state index contributed by atoms with van der Waals surface area (Å²) in [7, 11) is 2.32. The minimum atomic E-state index is 0.431. The maximum Gasteiger partial charge on any atom is 0.0247 e. The van der Waals surface area contributed by atoms with Gasteiger partial charge in [-0.3, -0.25) is 4.90 Å². The number of nitrogens with two attached hydrogens (primary N) is 1. The highest BCUT2D eigenvalue weighted by Crippen LogP contribution is 2.32. The molecule has 2 saturated heterocycles. The molecule has 0 amide bonds. The van der Waals surface area contributed by atoms with Gasteiger partial charge in [0, 0.05) is 31.2 Å². The summed E-state index contributed by atoms with van der Waals surface area (Å²) in [5.74, 6) is 0.906. The molecule has 2 N–H and O–H groups in total. The fourth-order valence-corrected chi connectivity index (χ4v) is 4.75. The SMILES string of the molecule is CN1CCCC2CN(C3CCCCCC3N)CCC21. The first-order chi connectivity index (χ1) is 9.25. The van der Waals surface area contributed by atoms with Crippen molar-refractivity contribution in [1.82, 2.24) is 9.80 Å². The summed E-state index contributed by atoms with van der Waals surface area (Å²) < 4.78 is 0. The highest BCUT2D eigenvalue weighted by atomic mass is 15.2. The molecule has 4 atom stereocenters. The van der Waals surface area contributed by atoms with Gasteiger partial charge in [-0.2, -0.15) is 0 Å². The van der Waals surface area contributed by atoms with Gasteiger partial charge in [0.05, 0.1) is 0 Å². The summed E-state index contributed by atoms with van der Waals surface area (Å²) in [6.45, 7) is 3.90. The van der Waals surface area contributed by atoms with Crippen LogP contribution in [0.3, 0.4) is 0 Å². The second kappa shape index (κ2) is 6.11. The highest BCUT2D eigenvalue weighted by molar-refractivity contribution is 4.94. The first-order valence-corrected chi connectivity index (χ1v) is 8.45. The van der Waals surface area contributed by atoms with E-state index in [1.807, 2.05) is 0 Å². The van der Waals surface area contributed by atoms with Crippen LogP contribution in [-0.2, 0) is 0 Å². The Kier molecular flexibility index (Phi) is 4.45. The second-order valence-corrected chi connectivity index (χ2v) is 7.10. The molecule has 4 unspecified atom stereocenters. The van der Waals surface area contributed by atoms with Crippen LogP contribution >= 0.6 is 0 Å². The van der Waals surface area contributed by atoms with Gasteiger partial charge in [0.25, 0.3) is 0 Å². The molecule has 2 aliphatic heterocycles. The summed E-state index contributed by atoms with van der Waals surface area (Å²) in [6.07, 6.45) is 10.9. The Hall–Kier alpha value is -0.120. The molecule has 3 fully saturated rings. The average Bonchev–Trinajstić information content (AvgIpc) is 2.63. The molecule has 110 valence electrons.